The fraction of sp³-hybridized carbons (Fsp3) is 0.462. The van der Waals surface area contributed by atoms with Gasteiger partial charge in [-0.3, -0.25) is 4.79 Å². The van der Waals surface area contributed by atoms with E-state index >= 15 is 0 Å². The Morgan fingerprint density at radius 3 is 2.83 bits per heavy atom. The van der Waals surface area contributed by atoms with Crippen molar-refractivity contribution in [2.45, 2.75) is 25.4 Å². The average Bonchev–Trinajstić information content (AvgIpc) is 2.30. The maximum Gasteiger partial charge on any atom is 0.254 e. The van der Waals surface area contributed by atoms with E-state index in [0.29, 0.717) is 25.1 Å². The maximum absolute atomic E-state index is 12.2. The molecule has 0 aliphatic carbocycles. The monoisotopic (exact) mass is 269 g/mol. The Hall–Kier alpha value is -1.26. The lowest BCUT2D eigenvalue weighted by Crippen LogP contribution is -2.48. The first kappa shape index (κ1) is 13.2. The minimum atomic E-state index is -0.825. The SMILES string of the molecule is CC1(O)CCCN(C(=O)c2ccc(O)c(Cl)c2)C1. The van der Waals surface area contributed by atoms with Gasteiger partial charge in [-0.1, -0.05) is 11.6 Å². The molecule has 1 aliphatic rings. The highest BCUT2D eigenvalue weighted by Crippen LogP contribution is 2.26. The van der Waals surface area contributed by atoms with Gasteiger partial charge in [-0.05, 0) is 38.0 Å². The molecular weight excluding hydrogens is 254 g/mol. The van der Waals surface area contributed by atoms with Crippen LogP contribution in [0.1, 0.15) is 30.1 Å². The number of carbonyl (C=O) groups excluding carboxylic acids is 1. The van der Waals surface area contributed by atoms with Crippen molar-refractivity contribution in [3.63, 3.8) is 0 Å². The van der Waals surface area contributed by atoms with Crippen molar-refractivity contribution in [3.05, 3.63) is 28.8 Å². The number of amides is 1. The molecule has 1 atom stereocenters. The average molecular weight is 270 g/mol. The number of carbonyl (C=O) groups is 1. The number of benzene rings is 1. The highest BCUT2D eigenvalue weighted by Gasteiger charge is 2.31. The van der Waals surface area contributed by atoms with Crippen LogP contribution in [0.3, 0.4) is 0 Å². The number of hydrogen-bond acceptors (Lipinski definition) is 3. The lowest BCUT2D eigenvalue weighted by Gasteiger charge is -2.36. The molecule has 5 heteroatoms. The van der Waals surface area contributed by atoms with E-state index in [9.17, 15) is 15.0 Å². The summed E-state index contributed by atoms with van der Waals surface area (Å²) < 4.78 is 0. The second-order valence-corrected chi connectivity index (χ2v) is 5.40. The van der Waals surface area contributed by atoms with Crippen LogP contribution in [0.25, 0.3) is 0 Å². The lowest BCUT2D eigenvalue weighted by atomic mass is 9.94. The Kier molecular flexibility index (Phi) is 3.50. The van der Waals surface area contributed by atoms with Crippen LogP contribution in [0.5, 0.6) is 5.75 Å². The van der Waals surface area contributed by atoms with Crippen molar-refractivity contribution < 1.29 is 15.0 Å². The van der Waals surface area contributed by atoms with Crippen LogP contribution in [0.2, 0.25) is 5.02 Å². The van der Waals surface area contributed by atoms with Crippen molar-refractivity contribution in [1.82, 2.24) is 4.90 Å². The third-order valence-electron chi connectivity index (χ3n) is 3.16. The van der Waals surface area contributed by atoms with Crippen LogP contribution in [-0.2, 0) is 0 Å². The van der Waals surface area contributed by atoms with Gasteiger partial charge in [0.15, 0.2) is 0 Å². The second kappa shape index (κ2) is 4.78. The zero-order valence-electron chi connectivity index (χ0n) is 10.2. The number of β-amino-alcohol motifs (C(OH)–C–C–N with tert-alkyl or cyclic N) is 1. The van der Waals surface area contributed by atoms with E-state index in [-0.39, 0.29) is 16.7 Å². The summed E-state index contributed by atoms with van der Waals surface area (Å²) in [4.78, 5) is 13.8. The Labute approximate surface area is 111 Å². The fourth-order valence-electron chi connectivity index (χ4n) is 2.22. The van der Waals surface area contributed by atoms with E-state index in [1.165, 1.54) is 18.2 Å². The number of aromatic hydroxyl groups is 1. The molecule has 1 aliphatic heterocycles. The lowest BCUT2D eigenvalue weighted by molar-refractivity contribution is -0.0107. The Bertz CT molecular complexity index is 473. The third-order valence-corrected chi connectivity index (χ3v) is 3.46. The van der Waals surface area contributed by atoms with Crippen molar-refractivity contribution in [2.75, 3.05) is 13.1 Å². The minimum absolute atomic E-state index is 0.0427. The van der Waals surface area contributed by atoms with E-state index in [1.54, 1.807) is 11.8 Å². The molecule has 1 fully saturated rings. The number of nitrogens with zero attached hydrogens (tertiary/aromatic N) is 1. The van der Waals surface area contributed by atoms with Crippen LogP contribution < -0.4 is 0 Å². The Morgan fingerprint density at radius 1 is 1.50 bits per heavy atom. The topological polar surface area (TPSA) is 60.8 Å². The van der Waals surface area contributed by atoms with Crippen LogP contribution in [0, 0.1) is 0 Å². The molecule has 1 unspecified atom stereocenters. The van der Waals surface area contributed by atoms with Crippen LogP contribution in [0.4, 0.5) is 0 Å². The molecule has 18 heavy (non-hydrogen) atoms. The number of phenols is 1. The van der Waals surface area contributed by atoms with Gasteiger partial charge in [-0.25, -0.2) is 0 Å². The molecule has 1 aromatic carbocycles. The summed E-state index contributed by atoms with van der Waals surface area (Å²) in [7, 11) is 0. The van der Waals surface area contributed by atoms with E-state index in [2.05, 4.69) is 0 Å². The molecule has 4 nitrogen and oxygen atoms in total. The molecule has 98 valence electrons. The first-order chi connectivity index (χ1) is 8.39. The van der Waals surface area contributed by atoms with Crippen molar-refractivity contribution in [2.24, 2.45) is 0 Å². The molecule has 1 heterocycles. The number of phenolic OH excluding ortho intramolecular Hbond substituents is 1. The quantitative estimate of drug-likeness (QED) is 0.820. The zero-order valence-corrected chi connectivity index (χ0v) is 10.9. The van der Waals surface area contributed by atoms with Gasteiger partial charge in [-0.2, -0.15) is 0 Å². The Balaban J connectivity index is 2.18. The predicted octanol–water partition coefficient (Wildman–Crippen LogP) is 2.03. The van der Waals surface area contributed by atoms with Gasteiger partial charge in [0.05, 0.1) is 10.6 Å². The number of hydrogen-bond donors (Lipinski definition) is 2. The fourth-order valence-corrected chi connectivity index (χ4v) is 2.40. The van der Waals surface area contributed by atoms with Crippen molar-refractivity contribution in [3.8, 4) is 5.75 Å². The molecule has 2 N–H and O–H groups in total. The maximum atomic E-state index is 12.2. The number of aliphatic hydroxyl groups is 1. The molecule has 0 radical (unpaired) electrons. The smallest absolute Gasteiger partial charge is 0.254 e. The molecule has 1 saturated heterocycles. The molecule has 0 bridgehead atoms. The summed E-state index contributed by atoms with van der Waals surface area (Å²) in [5.74, 6) is -0.212. The van der Waals surface area contributed by atoms with Gasteiger partial charge in [0.25, 0.3) is 5.91 Å². The third kappa shape index (κ3) is 2.76. The molecule has 0 saturated carbocycles. The summed E-state index contributed by atoms with van der Waals surface area (Å²) in [6.45, 7) is 2.69. The van der Waals surface area contributed by atoms with Gasteiger partial charge in [0.2, 0.25) is 0 Å². The van der Waals surface area contributed by atoms with Gasteiger partial charge in [0, 0.05) is 18.7 Å². The highest BCUT2D eigenvalue weighted by atomic mass is 35.5. The molecule has 1 amide bonds. The van der Waals surface area contributed by atoms with Crippen molar-refractivity contribution >= 4 is 17.5 Å². The van der Waals surface area contributed by atoms with Crippen LogP contribution >= 0.6 is 11.6 Å². The van der Waals surface area contributed by atoms with E-state index in [4.69, 9.17) is 11.6 Å². The second-order valence-electron chi connectivity index (χ2n) is 4.99. The molecule has 1 aromatic rings. The largest absolute Gasteiger partial charge is 0.506 e. The number of halogens is 1. The van der Waals surface area contributed by atoms with Crippen LogP contribution in [0.15, 0.2) is 18.2 Å². The molecule has 0 spiro atoms. The summed E-state index contributed by atoms with van der Waals surface area (Å²) in [6, 6.07) is 4.38. The number of likely N-dealkylation sites (tertiary alicyclic amines) is 1. The van der Waals surface area contributed by atoms with E-state index in [0.717, 1.165) is 6.42 Å². The number of rotatable bonds is 1. The molecule has 2 rings (SSSR count). The zero-order chi connectivity index (χ0) is 13.3. The first-order valence-electron chi connectivity index (χ1n) is 5.89. The van der Waals surface area contributed by atoms with Gasteiger partial charge in [0.1, 0.15) is 5.75 Å². The van der Waals surface area contributed by atoms with Crippen LogP contribution in [-0.4, -0.2) is 39.7 Å². The Morgan fingerprint density at radius 2 is 2.22 bits per heavy atom. The summed E-state index contributed by atoms with van der Waals surface area (Å²) in [5, 5.41) is 19.5. The first-order valence-corrected chi connectivity index (χ1v) is 6.27. The van der Waals surface area contributed by atoms with Gasteiger partial charge in [-0.15, -0.1) is 0 Å². The summed E-state index contributed by atoms with van der Waals surface area (Å²) in [6.07, 6.45) is 1.48. The van der Waals surface area contributed by atoms with Crippen molar-refractivity contribution in [1.29, 1.82) is 0 Å². The highest BCUT2D eigenvalue weighted by molar-refractivity contribution is 6.32. The molecule has 0 aromatic heterocycles. The van der Waals surface area contributed by atoms with E-state index in [1.807, 2.05) is 0 Å². The standard InChI is InChI=1S/C13H16ClNO3/c1-13(18)5-2-6-15(8-13)12(17)9-3-4-11(16)10(14)7-9/h3-4,7,16,18H,2,5-6,8H2,1H3. The normalized spacial score (nSPS) is 24.1. The van der Waals surface area contributed by atoms with Gasteiger partial charge >= 0.3 is 0 Å². The van der Waals surface area contributed by atoms with Gasteiger partial charge < -0.3 is 15.1 Å². The minimum Gasteiger partial charge on any atom is -0.506 e. The summed E-state index contributed by atoms with van der Waals surface area (Å²) >= 11 is 5.78. The summed E-state index contributed by atoms with van der Waals surface area (Å²) in [5.41, 5.74) is -0.398. The number of piperidine rings is 1. The molecular formula is C13H16ClNO3. The predicted molar refractivity (Wildman–Crippen MR) is 68.9 cm³/mol. The van der Waals surface area contributed by atoms with E-state index < -0.39 is 5.60 Å².